The van der Waals surface area contributed by atoms with E-state index in [9.17, 15) is 5.26 Å². The van der Waals surface area contributed by atoms with Crippen LogP contribution in [0.3, 0.4) is 0 Å². The van der Waals surface area contributed by atoms with E-state index in [4.69, 9.17) is 16.8 Å². The summed E-state index contributed by atoms with van der Waals surface area (Å²) in [6, 6.07) is 15.0. The van der Waals surface area contributed by atoms with Crippen molar-refractivity contribution in [2.75, 3.05) is 0 Å². The number of hydrogen-bond acceptors (Lipinski definition) is 2. The molecule has 5 rings (SSSR count). The minimum absolute atomic E-state index is 0.0339. The summed E-state index contributed by atoms with van der Waals surface area (Å²) < 4.78 is 84.7. The minimum atomic E-state index is -2.79. The van der Waals surface area contributed by atoms with Gasteiger partial charge in [-0.25, -0.2) is 4.57 Å². The molecule has 36 heavy (non-hydrogen) atoms. The van der Waals surface area contributed by atoms with Gasteiger partial charge in [-0.1, -0.05) is 51.1 Å². The Morgan fingerprint density at radius 3 is 2.50 bits per heavy atom. The van der Waals surface area contributed by atoms with E-state index in [0.717, 1.165) is 16.3 Å². The van der Waals surface area contributed by atoms with Crippen LogP contribution < -0.4 is 4.57 Å². The zero-order valence-corrected chi connectivity index (χ0v) is 21.0. The third kappa shape index (κ3) is 4.18. The molecule has 0 aliphatic heterocycles. The standard InChI is InChI=1S/C33H33N2O/c1-20-8-11-27-26-13-10-24(18-34)15-30(26)36-32(27)31(20)29-16-28(22(3)19-35(29)7)25-12-9-23(14-21(25)2)17-33(4,5)6/h8-16,19H,17H2,1-7H3/q+1/i2D3,3D3,12D,17D2. The Morgan fingerprint density at radius 2 is 1.78 bits per heavy atom. The van der Waals surface area contributed by atoms with Crippen LogP contribution in [-0.4, -0.2) is 0 Å². The first-order valence-electron chi connectivity index (χ1n) is 16.2. The molecule has 0 saturated heterocycles. The number of fused-ring (bicyclic) bond motifs is 3. The molecule has 0 N–H and O–H groups in total. The highest BCUT2D eigenvalue weighted by molar-refractivity contribution is 6.10. The van der Waals surface area contributed by atoms with Crippen LogP contribution in [-0.2, 0) is 13.4 Å². The van der Waals surface area contributed by atoms with E-state index in [2.05, 4.69) is 6.07 Å². The second-order valence-electron chi connectivity index (χ2n) is 10.2. The van der Waals surface area contributed by atoms with E-state index in [0.29, 0.717) is 28.0 Å². The molecular formula is C33H33N2O+. The van der Waals surface area contributed by atoms with Crippen molar-refractivity contribution in [2.24, 2.45) is 12.5 Å². The number of nitrogens with zero attached hydrogens (tertiary/aromatic N) is 2. The smallest absolute Gasteiger partial charge is 0.216 e. The van der Waals surface area contributed by atoms with Crippen LogP contribution in [0.1, 0.15) is 60.9 Å². The number of benzene rings is 3. The van der Waals surface area contributed by atoms with Crippen molar-refractivity contribution in [1.82, 2.24) is 0 Å². The molecule has 0 amide bonds. The maximum Gasteiger partial charge on any atom is 0.216 e. The van der Waals surface area contributed by atoms with Crippen LogP contribution in [0.5, 0.6) is 0 Å². The summed E-state index contributed by atoms with van der Waals surface area (Å²) in [5.41, 5.74) is 2.06. The van der Waals surface area contributed by atoms with Crippen molar-refractivity contribution in [2.45, 2.75) is 47.8 Å². The SMILES string of the molecule is [2H]c1cc(C([2H])([2H])C(C)(C)C)cc(C([2H])([2H])[2H])c1-c1cc(-c2c(C)ccc3c2oc2cc(C#N)ccc23)[n+](C)cc1C([2H])([2H])[2H]. The lowest BCUT2D eigenvalue weighted by Gasteiger charge is -2.19. The molecule has 0 atom stereocenters. The van der Waals surface area contributed by atoms with Gasteiger partial charge in [-0.05, 0) is 78.4 Å². The molecule has 0 saturated carbocycles. The van der Waals surface area contributed by atoms with Crippen molar-refractivity contribution in [3.05, 3.63) is 88.6 Å². The Labute approximate surface area is 226 Å². The van der Waals surface area contributed by atoms with Crippen molar-refractivity contribution < 1.29 is 21.3 Å². The fraction of sp³-hybridized carbons (Fsp3) is 0.273. The van der Waals surface area contributed by atoms with Gasteiger partial charge in [0.15, 0.2) is 6.20 Å². The van der Waals surface area contributed by atoms with E-state index < -0.39 is 25.5 Å². The number of pyridine rings is 1. The molecule has 2 aromatic heterocycles. The van der Waals surface area contributed by atoms with Gasteiger partial charge in [0, 0.05) is 33.4 Å². The molecule has 0 spiro atoms. The first-order valence-corrected chi connectivity index (χ1v) is 11.7. The molecule has 3 heteroatoms. The molecule has 0 fully saturated rings. The van der Waals surface area contributed by atoms with E-state index in [1.54, 1.807) is 50.6 Å². The first-order chi connectivity index (χ1) is 20.7. The molecule has 0 radical (unpaired) electrons. The Kier molecular flexibility index (Phi) is 3.66. The molecule has 0 bridgehead atoms. The quantitative estimate of drug-likeness (QED) is 0.244. The molecule has 0 aliphatic carbocycles. The largest absolute Gasteiger partial charge is 0.455 e. The van der Waals surface area contributed by atoms with Crippen molar-refractivity contribution in [3.63, 3.8) is 0 Å². The van der Waals surface area contributed by atoms with E-state index in [-0.39, 0.29) is 33.9 Å². The predicted octanol–water partition coefficient (Wildman–Crippen LogP) is 8.13. The molecule has 3 aromatic carbocycles. The second-order valence-corrected chi connectivity index (χ2v) is 10.2. The predicted molar refractivity (Wildman–Crippen MR) is 148 cm³/mol. The fourth-order valence-corrected chi connectivity index (χ4v) is 4.66. The highest BCUT2D eigenvalue weighted by Crippen LogP contribution is 2.39. The molecule has 0 unspecified atom stereocenters. The fourth-order valence-electron chi connectivity index (χ4n) is 4.66. The third-order valence-electron chi connectivity index (χ3n) is 6.24. The summed E-state index contributed by atoms with van der Waals surface area (Å²) in [6.07, 6.45) is -0.556. The average Bonchev–Trinajstić information content (AvgIpc) is 3.28. The third-order valence-corrected chi connectivity index (χ3v) is 6.24. The van der Waals surface area contributed by atoms with Crippen LogP contribution in [0.4, 0.5) is 0 Å². The summed E-state index contributed by atoms with van der Waals surface area (Å²) >= 11 is 0. The second kappa shape index (κ2) is 8.64. The van der Waals surface area contributed by atoms with Gasteiger partial charge in [0.25, 0.3) is 0 Å². The van der Waals surface area contributed by atoms with Gasteiger partial charge in [0.05, 0.1) is 18.6 Å². The highest BCUT2D eigenvalue weighted by Gasteiger charge is 2.23. The Hall–Kier alpha value is -3.90. The van der Waals surface area contributed by atoms with Crippen molar-refractivity contribution >= 4 is 21.9 Å². The van der Waals surface area contributed by atoms with Crippen LogP contribution in [0.15, 0.2) is 65.2 Å². The maximum atomic E-state index is 9.40. The van der Waals surface area contributed by atoms with Gasteiger partial charge >= 0.3 is 0 Å². The molecular weight excluding hydrogens is 440 g/mol. The topological polar surface area (TPSA) is 40.8 Å². The zero-order chi connectivity index (χ0) is 33.4. The number of hydrogen-bond donors (Lipinski definition) is 0. The maximum absolute atomic E-state index is 9.40. The minimum Gasteiger partial charge on any atom is -0.455 e. The summed E-state index contributed by atoms with van der Waals surface area (Å²) in [4.78, 5) is 0. The number of nitriles is 1. The van der Waals surface area contributed by atoms with Gasteiger partial charge in [-0.2, -0.15) is 5.26 Å². The summed E-state index contributed by atoms with van der Waals surface area (Å²) in [5.74, 6) is 0. The van der Waals surface area contributed by atoms with Gasteiger partial charge in [0.1, 0.15) is 18.2 Å². The molecule has 5 aromatic rings. The van der Waals surface area contributed by atoms with Gasteiger partial charge in [-0.15, -0.1) is 0 Å². The zero-order valence-electron chi connectivity index (χ0n) is 30.0. The van der Waals surface area contributed by atoms with Gasteiger partial charge in [-0.3, -0.25) is 0 Å². The van der Waals surface area contributed by atoms with Crippen molar-refractivity contribution in [1.29, 1.82) is 5.26 Å². The average molecular weight is 483 g/mol. The van der Waals surface area contributed by atoms with E-state index in [1.165, 1.54) is 18.3 Å². The van der Waals surface area contributed by atoms with Crippen LogP contribution in [0.25, 0.3) is 44.3 Å². The normalized spacial score (nSPS) is 16.6. The highest BCUT2D eigenvalue weighted by atomic mass is 16.3. The number of furan rings is 1. The van der Waals surface area contributed by atoms with Crippen LogP contribution >= 0.6 is 0 Å². The Balaban J connectivity index is 1.89. The van der Waals surface area contributed by atoms with Gasteiger partial charge in [0.2, 0.25) is 5.69 Å². The first kappa shape index (κ1) is 15.3. The Morgan fingerprint density at radius 1 is 1.00 bits per heavy atom. The molecule has 180 valence electrons. The lowest BCUT2D eigenvalue weighted by atomic mass is 9.86. The monoisotopic (exact) mass is 482 g/mol. The molecule has 2 heterocycles. The molecule has 3 nitrogen and oxygen atoms in total. The van der Waals surface area contributed by atoms with Crippen LogP contribution in [0.2, 0.25) is 0 Å². The summed E-state index contributed by atoms with van der Waals surface area (Å²) in [7, 11) is 1.69. The molecule has 0 aliphatic rings. The van der Waals surface area contributed by atoms with E-state index >= 15 is 0 Å². The van der Waals surface area contributed by atoms with E-state index in [1.807, 2.05) is 25.1 Å². The van der Waals surface area contributed by atoms with Crippen LogP contribution in [0, 0.1) is 37.4 Å². The Bertz CT molecular complexity index is 2040. The van der Waals surface area contributed by atoms with Gasteiger partial charge < -0.3 is 4.42 Å². The van der Waals surface area contributed by atoms with Crippen molar-refractivity contribution in [3.8, 4) is 28.5 Å². The number of aromatic nitrogens is 1. The number of rotatable bonds is 3. The lowest BCUT2D eigenvalue weighted by molar-refractivity contribution is -0.660. The summed E-state index contributed by atoms with van der Waals surface area (Å²) in [5, 5.41) is 11.0. The lowest BCUT2D eigenvalue weighted by Crippen LogP contribution is -2.31. The number of aryl methyl sites for hydroxylation is 4. The summed E-state index contributed by atoms with van der Waals surface area (Å²) in [6.45, 7) is 1.50.